The lowest BCUT2D eigenvalue weighted by Crippen LogP contribution is -2.70. The van der Waals surface area contributed by atoms with E-state index in [0.29, 0.717) is 0 Å². The summed E-state index contributed by atoms with van der Waals surface area (Å²) in [7, 11) is 1.41. The molecule has 9 heteroatoms. The molecule has 2 heterocycles. The lowest BCUT2D eigenvalue weighted by Gasteiger charge is -2.47. The first-order chi connectivity index (χ1) is 11.9. The molecule has 1 N–H and O–H groups in total. The monoisotopic (exact) mass is 353 g/mol. The van der Waals surface area contributed by atoms with Crippen molar-refractivity contribution < 1.29 is 28.3 Å². The number of nitrogens with zero attached hydrogens (tertiary/aromatic N) is 3. The maximum absolute atomic E-state index is 13.8. The Kier molecular flexibility index (Phi) is 4.42. The number of fused-ring (bicyclic) bond motifs is 1. The van der Waals surface area contributed by atoms with Crippen molar-refractivity contribution in [2.75, 3.05) is 33.3 Å². The topological polar surface area (TPSA) is 81.2 Å². The van der Waals surface area contributed by atoms with Crippen LogP contribution in [0.4, 0.5) is 8.78 Å². The highest BCUT2D eigenvalue weighted by atomic mass is 19.2. The largest absolute Gasteiger partial charge is 0.394 e. The second kappa shape index (κ2) is 6.40. The van der Waals surface area contributed by atoms with Gasteiger partial charge in [0, 0.05) is 20.1 Å². The van der Waals surface area contributed by atoms with E-state index in [1.165, 1.54) is 29.0 Å². The van der Waals surface area contributed by atoms with Gasteiger partial charge < -0.3 is 19.8 Å². The molecule has 1 aromatic carbocycles. The van der Waals surface area contributed by atoms with Crippen molar-refractivity contribution in [2.24, 2.45) is 0 Å². The van der Waals surface area contributed by atoms with Crippen LogP contribution in [0.25, 0.3) is 0 Å². The van der Waals surface area contributed by atoms with Crippen LogP contribution < -0.4 is 0 Å². The van der Waals surface area contributed by atoms with E-state index in [2.05, 4.69) is 0 Å². The molecule has 0 spiro atoms. The van der Waals surface area contributed by atoms with E-state index in [1.807, 2.05) is 0 Å². The zero-order valence-electron chi connectivity index (χ0n) is 13.5. The highest BCUT2D eigenvalue weighted by Crippen LogP contribution is 2.23. The summed E-state index contributed by atoms with van der Waals surface area (Å²) in [4.78, 5) is 41.0. The fraction of sp³-hybridized carbons (Fsp3) is 0.438. The van der Waals surface area contributed by atoms with Gasteiger partial charge in [-0.15, -0.1) is 0 Å². The Morgan fingerprint density at radius 3 is 2.64 bits per heavy atom. The molecule has 7 nitrogen and oxygen atoms in total. The fourth-order valence-electron chi connectivity index (χ4n) is 3.23. The van der Waals surface area contributed by atoms with Crippen molar-refractivity contribution in [2.45, 2.75) is 12.1 Å². The quantitative estimate of drug-likeness (QED) is 0.774. The number of benzene rings is 1. The Bertz CT molecular complexity index is 742. The molecule has 0 aliphatic carbocycles. The summed E-state index contributed by atoms with van der Waals surface area (Å²) in [6.45, 7) is -0.419. The number of rotatable bonds is 2. The van der Waals surface area contributed by atoms with Crippen LogP contribution in [-0.4, -0.2) is 82.9 Å². The van der Waals surface area contributed by atoms with Crippen molar-refractivity contribution >= 4 is 17.7 Å². The predicted molar refractivity (Wildman–Crippen MR) is 81.4 cm³/mol. The fourth-order valence-corrected chi connectivity index (χ4v) is 3.23. The van der Waals surface area contributed by atoms with E-state index in [0.717, 1.165) is 11.0 Å². The van der Waals surface area contributed by atoms with Crippen LogP contribution in [0.15, 0.2) is 18.2 Å². The molecular formula is C16H17F2N3O4. The number of aliphatic hydroxyl groups excluding tert-OH is 1. The molecule has 2 fully saturated rings. The van der Waals surface area contributed by atoms with Gasteiger partial charge in [-0.05, 0) is 12.1 Å². The maximum atomic E-state index is 13.8. The predicted octanol–water partition coefficient (Wildman–Crippen LogP) is -0.549. The number of aliphatic hydroxyl groups is 1. The lowest BCUT2D eigenvalue weighted by molar-refractivity contribution is -0.164. The molecule has 2 aliphatic rings. The summed E-state index contributed by atoms with van der Waals surface area (Å²) in [6.07, 6.45) is 0. The smallest absolute Gasteiger partial charge is 0.257 e. The summed E-state index contributed by atoms with van der Waals surface area (Å²) >= 11 is 0. The van der Waals surface area contributed by atoms with E-state index >= 15 is 0 Å². The Hall–Kier alpha value is -2.55. The van der Waals surface area contributed by atoms with Crippen molar-refractivity contribution in [3.8, 4) is 0 Å². The van der Waals surface area contributed by atoms with E-state index in [4.69, 9.17) is 0 Å². The number of piperazine rings is 2. The first-order valence-corrected chi connectivity index (χ1v) is 7.78. The Balaban J connectivity index is 1.83. The Labute approximate surface area is 142 Å². The van der Waals surface area contributed by atoms with Crippen molar-refractivity contribution in [1.82, 2.24) is 14.7 Å². The van der Waals surface area contributed by atoms with Crippen LogP contribution in [0.3, 0.4) is 0 Å². The first-order valence-electron chi connectivity index (χ1n) is 7.78. The summed E-state index contributed by atoms with van der Waals surface area (Å²) in [5.74, 6) is -3.89. The van der Waals surface area contributed by atoms with Crippen LogP contribution >= 0.6 is 0 Å². The Morgan fingerprint density at radius 2 is 1.96 bits per heavy atom. The molecule has 0 bridgehead atoms. The van der Waals surface area contributed by atoms with Gasteiger partial charge in [-0.1, -0.05) is 6.07 Å². The minimum absolute atomic E-state index is 0.0856. The third-order valence-corrected chi connectivity index (χ3v) is 4.69. The molecule has 0 aromatic heterocycles. The van der Waals surface area contributed by atoms with Gasteiger partial charge in [0.1, 0.15) is 12.1 Å². The highest BCUT2D eigenvalue weighted by Gasteiger charge is 2.47. The number of hydrogen-bond donors (Lipinski definition) is 1. The third kappa shape index (κ3) is 2.74. The highest BCUT2D eigenvalue weighted by molar-refractivity contribution is 5.99. The Morgan fingerprint density at radius 1 is 1.24 bits per heavy atom. The van der Waals surface area contributed by atoms with Crippen LogP contribution in [-0.2, 0) is 9.59 Å². The first kappa shape index (κ1) is 17.3. The SMILES string of the molecule is CN1C(=O)[C@H]2CN(C(=O)c3cccc(F)c3F)CCN2C(=O)[C@@H]1CO. The van der Waals surface area contributed by atoms with E-state index in [1.54, 1.807) is 0 Å². The summed E-state index contributed by atoms with van der Waals surface area (Å²) in [6, 6.07) is 1.49. The molecule has 3 amide bonds. The molecule has 0 saturated carbocycles. The molecule has 2 saturated heterocycles. The van der Waals surface area contributed by atoms with Crippen molar-refractivity contribution in [1.29, 1.82) is 0 Å². The standard InChI is InChI=1S/C16H17F2N3O4/c1-19-12(8-22)16(25)21-6-5-20(7-11(21)15(19)24)14(23)9-3-2-4-10(17)13(9)18/h2-4,11-12,22H,5-8H2,1H3/t11-,12+/m1/s1. The molecule has 2 aliphatic heterocycles. The number of carbonyl (C=O) groups is 3. The second-order valence-electron chi connectivity index (χ2n) is 6.05. The van der Waals surface area contributed by atoms with Crippen LogP contribution in [0, 0.1) is 11.6 Å². The van der Waals surface area contributed by atoms with Crippen LogP contribution in [0.2, 0.25) is 0 Å². The zero-order chi connectivity index (χ0) is 18.3. The van der Waals surface area contributed by atoms with Gasteiger partial charge in [-0.3, -0.25) is 14.4 Å². The molecule has 1 aromatic rings. The number of halogens is 2. The number of carbonyl (C=O) groups excluding carboxylic acids is 3. The maximum Gasteiger partial charge on any atom is 0.257 e. The molecule has 25 heavy (non-hydrogen) atoms. The minimum Gasteiger partial charge on any atom is -0.394 e. The van der Waals surface area contributed by atoms with Crippen molar-refractivity contribution in [3.05, 3.63) is 35.4 Å². The summed E-state index contributed by atoms with van der Waals surface area (Å²) in [5.41, 5.74) is -0.412. The van der Waals surface area contributed by atoms with Gasteiger partial charge >= 0.3 is 0 Å². The van der Waals surface area contributed by atoms with Crippen LogP contribution in [0.5, 0.6) is 0 Å². The van der Waals surface area contributed by atoms with Gasteiger partial charge in [0.2, 0.25) is 11.8 Å². The summed E-state index contributed by atoms with van der Waals surface area (Å²) in [5, 5.41) is 9.30. The third-order valence-electron chi connectivity index (χ3n) is 4.69. The van der Waals surface area contributed by atoms with Gasteiger partial charge in [0.05, 0.1) is 18.7 Å². The number of hydrogen-bond acceptors (Lipinski definition) is 4. The van der Waals surface area contributed by atoms with Gasteiger partial charge in [0.25, 0.3) is 5.91 Å². The normalized spacial score (nSPS) is 23.8. The minimum atomic E-state index is -1.24. The van der Waals surface area contributed by atoms with Gasteiger partial charge in [-0.2, -0.15) is 0 Å². The zero-order valence-corrected chi connectivity index (χ0v) is 13.5. The lowest BCUT2D eigenvalue weighted by atomic mass is 10.0. The number of amides is 3. The van der Waals surface area contributed by atoms with E-state index < -0.39 is 53.6 Å². The second-order valence-corrected chi connectivity index (χ2v) is 6.05. The summed E-state index contributed by atoms with van der Waals surface area (Å²) < 4.78 is 27.2. The molecule has 0 unspecified atom stereocenters. The van der Waals surface area contributed by atoms with Gasteiger partial charge in [-0.25, -0.2) is 8.78 Å². The molecule has 3 rings (SSSR count). The molecule has 0 radical (unpaired) electrons. The average Bonchev–Trinajstić information content (AvgIpc) is 2.61. The molecular weight excluding hydrogens is 336 g/mol. The average molecular weight is 353 g/mol. The van der Waals surface area contributed by atoms with Crippen LogP contribution in [0.1, 0.15) is 10.4 Å². The molecule has 2 atom stereocenters. The van der Waals surface area contributed by atoms with Gasteiger partial charge in [0.15, 0.2) is 11.6 Å². The van der Waals surface area contributed by atoms with E-state index in [-0.39, 0.29) is 19.6 Å². The molecule has 134 valence electrons. The van der Waals surface area contributed by atoms with E-state index in [9.17, 15) is 28.3 Å². The number of likely N-dealkylation sites (N-methyl/N-ethyl adjacent to an activating group) is 1. The van der Waals surface area contributed by atoms with Crippen molar-refractivity contribution in [3.63, 3.8) is 0 Å².